The third-order valence-corrected chi connectivity index (χ3v) is 6.37. The first-order chi connectivity index (χ1) is 11.6. The molecule has 4 atom stereocenters. The quantitative estimate of drug-likeness (QED) is 0.761. The molecule has 1 fully saturated rings. The summed E-state index contributed by atoms with van der Waals surface area (Å²) in [5.74, 6) is -0.597. The van der Waals surface area contributed by atoms with Gasteiger partial charge in [-0.15, -0.1) is 22.9 Å². The van der Waals surface area contributed by atoms with E-state index in [-0.39, 0.29) is 17.2 Å². The van der Waals surface area contributed by atoms with Crippen LogP contribution in [0.1, 0.15) is 45.3 Å². The molecule has 2 heterocycles. The minimum absolute atomic E-state index is 0.0314. The molecule has 1 aliphatic carbocycles. The molecule has 0 amide bonds. The second-order valence-electron chi connectivity index (χ2n) is 6.25. The standard InChI is InChI=1S/C18H20ClNO3S/c19-14-10-15(21)17(11-6-8-20-9-7-11)13(14)3-1-2-12-4-5-16(24-12)18(22)23/h4-9,13-15,17,21H,1-3,10H2,(H,22,23)/t13-,14+,15+,17+/m0/s1. The average molecular weight is 366 g/mol. The second kappa shape index (κ2) is 7.64. The zero-order valence-corrected chi connectivity index (χ0v) is 14.7. The summed E-state index contributed by atoms with van der Waals surface area (Å²) in [6.45, 7) is 0. The van der Waals surface area contributed by atoms with Crippen LogP contribution in [0.15, 0.2) is 36.7 Å². The molecule has 0 spiro atoms. The van der Waals surface area contributed by atoms with Crippen molar-refractivity contribution in [1.29, 1.82) is 0 Å². The van der Waals surface area contributed by atoms with Crippen LogP contribution < -0.4 is 0 Å². The molecule has 0 radical (unpaired) electrons. The van der Waals surface area contributed by atoms with Gasteiger partial charge in [-0.3, -0.25) is 4.98 Å². The Hall–Kier alpha value is -1.43. The number of carboxylic acid groups (broad SMARTS) is 1. The van der Waals surface area contributed by atoms with Gasteiger partial charge in [0.05, 0.1) is 6.10 Å². The van der Waals surface area contributed by atoms with Crippen molar-refractivity contribution in [2.24, 2.45) is 5.92 Å². The van der Waals surface area contributed by atoms with E-state index in [2.05, 4.69) is 4.98 Å². The normalized spacial score (nSPS) is 26.6. The van der Waals surface area contributed by atoms with Crippen molar-refractivity contribution in [3.63, 3.8) is 0 Å². The molecule has 2 aromatic rings. The maximum atomic E-state index is 10.9. The summed E-state index contributed by atoms with van der Waals surface area (Å²) in [5.41, 5.74) is 1.09. The summed E-state index contributed by atoms with van der Waals surface area (Å²) in [5, 5.41) is 19.3. The van der Waals surface area contributed by atoms with Gasteiger partial charge in [0.25, 0.3) is 0 Å². The molecule has 2 N–H and O–H groups in total. The number of alkyl halides is 1. The Balaban J connectivity index is 1.62. The van der Waals surface area contributed by atoms with Crippen LogP contribution >= 0.6 is 22.9 Å². The lowest BCUT2D eigenvalue weighted by Gasteiger charge is -2.23. The number of carboxylic acids is 1. The highest BCUT2D eigenvalue weighted by Gasteiger charge is 2.41. The van der Waals surface area contributed by atoms with Gasteiger partial charge in [0.15, 0.2) is 0 Å². The largest absolute Gasteiger partial charge is 0.477 e. The van der Waals surface area contributed by atoms with Crippen molar-refractivity contribution in [2.75, 3.05) is 0 Å². The number of aromatic nitrogens is 1. The minimum atomic E-state index is -0.872. The highest BCUT2D eigenvalue weighted by atomic mass is 35.5. The number of aliphatic hydroxyl groups excluding tert-OH is 1. The third-order valence-electron chi connectivity index (χ3n) is 4.73. The van der Waals surface area contributed by atoms with Gasteiger partial charge in [0.2, 0.25) is 0 Å². The number of aromatic carboxylic acids is 1. The van der Waals surface area contributed by atoms with Crippen LogP contribution in [0.3, 0.4) is 0 Å². The van der Waals surface area contributed by atoms with Gasteiger partial charge in [0.1, 0.15) is 4.88 Å². The van der Waals surface area contributed by atoms with Crippen molar-refractivity contribution < 1.29 is 15.0 Å². The molecule has 1 saturated carbocycles. The number of aryl methyl sites for hydroxylation is 1. The highest BCUT2D eigenvalue weighted by Crippen LogP contribution is 2.45. The number of pyridine rings is 1. The molecular formula is C18H20ClNO3S. The van der Waals surface area contributed by atoms with E-state index in [1.807, 2.05) is 18.2 Å². The lowest BCUT2D eigenvalue weighted by atomic mass is 9.85. The van der Waals surface area contributed by atoms with Gasteiger partial charge in [-0.2, -0.15) is 0 Å². The fourth-order valence-electron chi connectivity index (χ4n) is 3.62. The van der Waals surface area contributed by atoms with E-state index in [9.17, 15) is 9.90 Å². The lowest BCUT2D eigenvalue weighted by molar-refractivity contribution is 0.0702. The Morgan fingerprint density at radius 1 is 1.29 bits per heavy atom. The van der Waals surface area contributed by atoms with Crippen LogP contribution in [0.2, 0.25) is 0 Å². The molecule has 128 valence electrons. The topological polar surface area (TPSA) is 70.4 Å². The van der Waals surface area contributed by atoms with E-state index < -0.39 is 12.1 Å². The Labute approximate surface area is 150 Å². The molecule has 0 bridgehead atoms. The van der Waals surface area contributed by atoms with Crippen LogP contribution in [0.5, 0.6) is 0 Å². The predicted octanol–water partition coefficient (Wildman–Crippen LogP) is 3.94. The molecule has 6 heteroatoms. The molecule has 3 rings (SSSR count). The van der Waals surface area contributed by atoms with Gasteiger partial charge in [-0.25, -0.2) is 4.79 Å². The Bertz CT molecular complexity index is 691. The van der Waals surface area contributed by atoms with E-state index in [1.165, 1.54) is 11.3 Å². The number of aliphatic hydroxyl groups is 1. The number of rotatable bonds is 6. The molecule has 0 saturated heterocycles. The molecule has 1 aliphatic rings. The maximum absolute atomic E-state index is 10.9. The van der Waals surface area contributed by atoms with Crippen LogP contribution in [0, 0.1) is 5.92 Å². The summed E-state index contributed by atoms with van der Waals surface area (Å²) in [4.78, 5) is 16.4. The number of hydrogen-bond donors (Lipinski definition) is 2. The monoisotopic (exact) mass is 365 g/mol. The first kappa shape index (κ1) is 17.4. The molecule has 4 nitrogen and oxygen atoms in total. The zero-order valence-electron chi connectivity index (χ0n) is 13.1. The van der Waals surface area contributed by atoms with Crippen molar-refractivity contribution in [2.45, 2.75) is 43.1 Å². The summed E-state index contributed by atoms with van der Waals surface area (Å²) in [6, 6.07) is 7.45. The molecule has 24 heavy (non-hydrogen) atoms. The summed E-state index contributed by atoms with van der Waals surface area (Å²) < 4.78 is 0. The van der Waals surface area contributed by atoms with E-state index in [0.29, 0.717) is 11.3 Å². The fraction of sp³-hybridized carbons (Fsp3) is 0.444. The Morgan fingerprint density at radius 2 is 2.04 bits per heavy atom. The van der Waals surface area contributed by atoms with Gasteiger partial charge in [0, 0.05) is 28.6 Å². The van der Waals surface area contributed by atoms with Crippen LogP contribution in [-0.2, 0) is 6.42 Å². The number of nitrogens with zero attached hydrogens (tertiary/aromatic N) is 1. The number of carbonyl (C=O) groups is 1. The minimum Gasteiger partial charge on any atom is -0.477 e. The molecular weight excluding hydrogens is 346 g/mol. The van der Waals surface area contributed by atoms with Gasteiger partial charge in [-0.1, -0.05) is 0 Å². The van der Waals surface area contributed by atoms with Crippen molar-refractivity contribution in [3.8, 4) is 0 Å². The Morgan fingerprint density at radius 3 is 2.71 bits per heavy atom. The average Bonchev–Trinajstić information content (AvgIpc) is 3.13. The van der Waals surface area contributed by atoms with Crippen LogP contribution in [-0.4, -0.2) is 32.6 Å². The van der Waals surface area contributed by atoms with Gasteiger partial charge >= 0.3 is 5.97 Å². The molecule has 0 aromatic carbocycles. The van der Waals surface area contributed by atoms with E-state index in [0.717, 1.165) is 29.7 Å². The molecule has 0 unspecified atom stereocenters. The van der Waals surface area contributed by atoms with Crippen molar-refractivity contribution in [3.05, 3.63) is 52.0 Å². The number of thiophene rings is 1. The summed E-state index contributed by atoms with van der Waals surface area (Å²) in [6.07, 6.45) is 6.39. The van der Waals surface area contributed by atoms with E-state index in [1.54, 1.807) is 18.5 Å². The summed E-state index contributed by atoms with van der Waals surface area (Å²) >= 11 is 7.83. The Kier molecular flexibility index (Phi) is 5.54. The van der Waals surface area contributed by atoms with Crippen molar-refractivity contribution >= 4 is 28.9 Å². The molecule has 2 aromatic heterocycles. The van der Waals surface area contributed by atoms with Crippen LogP contribution in [0.4, 0.5) is 0 Å². The van der Waals surface area contributed by atoms with Gasteiger partial charge < -0.3 is 10.2 Å². The van der Waals surface area contributed by atoms with Crippen LogP contribution in [0.25, 0.3) is 0 Å². The second-order valence-corrected chi connectivity index (χ2v) is 7.98. The van der Waals surface area contributed by atoms with Gasteiger partial charge in [-0.05, 0) is 61.4 Å². The highest BCUT2D eigenvalue weighted by molar-refractivity contribution is 7.13. The SMILES string of the molecule is O=C(O)c1ccc(CCC[C@@H]2[C@@H](c3ccncc3)[C@H](O)C[C@H]2Cl)s1. The first-order valence-corrected chi connectivity index (χ1v) is 9.35. The fourth-order valence-corrected chi connectivity index (χ4v) is 4.97. The maximum Gasteiger partial charge on any atom is 0.345 e. The molecule has 0 aliphatic heterocycles. The number of hydrogen-bond acceptors (Lipinski definition) is 4. The number of halogens is 1. The summed E-state index contributed by atoms with van der Waals surface area (Å²) in [7, 11) is 0. The third kappa shape index (κ3) is 3.79. The zero-order chi connectivity index (χ0) is 17.1. The van der Waals surface area contributed by atoms with E-state index >= 15 is 0 Å². The lowest BCUT2D eigenvalue weighted by Crippen LogP contribution is -2.19. The first-order valence-electron chi connectivity index (χ1n) is 8.10. The van der Waals surface area contributed by atoms with Crippen molar-refractivity contribution in [1.82, 2.24) is 4.98 Å². The van der Waals surface area contributed by atoms with E-state index in [4.69, 9.17) is 16.7 Å². The predicted molar refractivity (Wildman–Crippen MR) is 94.9 cm³/mol. The smallest absolute Gasteiger partial charge is 0.345 e.